The maximum absolute atomic E-state index is 14.2. The molecule has 10 heteroatoms. The van der Waals surface area contributed by atoms with E-state index in [9.17, 15) is 24.9 Å². The van der Waals surface area contributed by atoms with E-state index in [0.29, 0.717) is 16.9 Å². The van der Waals surface area contributed by atoms with Crippen molar-refractivity contribution in [3.63, 3.8) is 0 Å². The zero-order chi connectivity index (χ0) is 30.4. The number of aromatic hydroxyl groups is 3. The van der Waals surface area contributed by atoms with Crippen LogP contribution in [0.25, 0.3) is 55.7 Å². The third-order valence-corrected chi connectivity index (χ3v) is 7.10. The van der Waals surface area contributed by atoms with Gasteiger partial charge in [-0.05, 0) is 54.6 Å². The van der Waals surface area contributed by atoms with Crippen LogP contribution in [-0.4, -0.2) is 36.6 Å². The van der Waals surface area contributed by atoms with Crippen LogP contribution < -0.4 is 25.1 Å². The number of methoxy groups -OCH3 is 3. The highest BCUT2D eigenvalue weighted by atomic mass is 16.5. The number of phenols is 3. The normalized spacial score (nSPS) is 11.1. The van der Waals surface area contributed by atoms with Crippen molar-refractivity contribution in [2.24, 2.45) is 0 Å². The number of hydrogen-bond donors (Lipinski definition) is 3. The highest BCUT2D eigenvalue weighted by Crippen LogP contribution is 2.47. The summed E-state index contributed by atoms with van der Waals surface area (Å²) in [5.41, 5.74) is -0.530. The van der Waals surface area contributed by atoms with Crippen molar-refractivity contribution < 1.29 is 38.4 Å². The van der Waals surface area contributed by atoms with Crippen LogP contribution in [0.1, 0.15) is 0 Å². The Bertz CT molecular complexity index is 2140. The molecule has 6 aromatic rings. The lowest BCUT2D eigenvalue weighted by Crippen LogP contribution is -2.10. The first-order chi connectivity index (χ1) is 20.7. The van der Waals surface area contributed by atoms with Crippen LogP contribution in [0.5, 0.6) is 34.5 Å². The Morgan fingerprint density at radius 2 is 1.33 bits per heavy atom. The lowest BCUT2D eigenvalue weighted by Gasteiger charge is -2.17. The van der Waals surface area contributed by atoms with Crippen LogP contribution in [0.3, 0.4) is 0 Å². The highest BCUT2D eigenvalue weighted by molar-refractivity contribution is 6.01. The molecular weight excluding hydrogens is 556 g/mol. The highest BCUT2D eigenvalue weighted by Gasteiger charge is 2.28. The third-order valence-electron chi connectivity index (χ3n) is 7.10. The third kappa shape index (κ3) is 4.55. The lowest BCUT2D eigenvalue weighted by atomic mass is 9.95. The summed E-state index contributed by atoms with van der Waals surface area (Å²) < 4.78 is 28.5. The van der Waals surface area contributed by atoms with Crippen molar-refractivity contribution in [3.8, 4) is 68.3 Å². The van der Waals surface area contributed by atoms with Gasteiger partial charge in [-0.25, -0.2) is 0 Å². The summed E-state index contributed by atoms with van der Waals surface area (Å²) in [5.74, 6) is 0.0614. The zero-order valence-corrected chi connectivity index (χ0v) is 23.1. The minimum absolute atomic E-state index is 0.00763. The summed E-state index contributed by atoms with van der Waals surface area (Å²) in [7, 11) is 4.25. The van der Waals surface area contributed by atoms with Gasteiger partial charge in [-0.1, -0.05) is 0 Å². The molecule has 0 aliphatic heterocycles. The fourth-order valence-corrected chi connectivity index (χ4v) is 5.02. The molecule has 2 heterocycles. The van der Waals surface area contributed by atoms with Gasteiger partial charge in [0.2, 0.25) is 5.43 Å². The summed E-state index contributed by atoms with van der Waals surface area (Å²) in [6.45, 7) is 0. The smallest absolute Gasteiger partial charge is 0.205 e. The molecule has 6 rings (SSSR count). The monoisotopic (exact) mass is 580 g/mol. The van der Waals surface area contributed by atoms with Gasteiger partial charge in [0.1, 0.15) is 51.2 Å². The van der Waals surface area contributed by atoms with E-state index in [0.717, 1.165) is 0 Å². The molecule has 0 fully saturated rings. The van der Waals surface area contributed by atoms with Gasteiger partial charge in [0.15, 0.2) is 16.8 Å². The molecule has 0 atom stereocenters. The van der Waals surface area contributed by atoms with Crippen molar-refractivity contribution in [2.45, 2.75) is 0 Å². The van der Waals surface area contributed by atoms with E-state index in [1.54, 1.807) is 24.3 Å². The van der Waals surface area contributed by atoms with Crippen LogP contribution >= 0.6 is 0 Å². The molecule has 0 aliphatic carbocycles. The molecule has 0 unspecified atom stereocenters. The van der Waals surface area contributed by atoms with Gasteiger partial charge in [0.25, 0.3) is 0 Å². The van der Waals surface area contributed by atoms with Gasteiger partial charge in [-0.2, -0.15) is 0 Å². The fraction of sp³-hybridized carbons (Fsp3) is 0.0909. The summed E-state index contributed by atoms with van der Waals surface area (Å²) in [6, 6.07) is 17.9. The van der Waals surface area contributed by atoms with Gasteiger partial charge in [-0.15, -0.1) is 0 Å². The van der Waals surface area contributed by atoms with Crippen molar-refractivity contribution in [1.82, 2.24) is 0 Å². The molecule has 3 N–H and O–H groups in total. The van der Waals surface area contributed by atoms with Crippen LogP contribution in [0.4, 0.5) is 0 Å². The van der Waals surface area contributed by atoms with Crippen molar-refractivity contribution in [1.29, 1.82) is 0 Å². The van der Waals surface area contributed by atoms with E-state index >= 15 is 0 Å². The standard InChI is InChI=1S/C33H24O10/c1-39-19-10-6-16(7-11-19)25-15-22(35)21-14-24(37)28(33(41-3)32(21)42-25)29-30(38)27-23(36)12-20(40-2)13-26(27)43-31(29)17-4-8-18(34)9-5-17/h4-15,34,36-37H,1-3H3. The number of rotatable bonds is 6. The molecule has 0 spiro atoms. The number of fused-ring (bicyclic) bond motifs is 2. The maximum Gasteiger partial charge on any atom is 0.205 e. The topological polar surface area (TPSA) is 149 Å². The second kappa shape index (κ2) is 10.5. The first-order valence-electron chi connectivity index (χ1n) is 12.9. The molecule has 0 amide bonds. The zero-order valence-electron chi connectivity index (χ0n) is 23.1. The molecule has 2 aromatic heterocycles. The lowest BCUT2D eigenvalue weighted by molar-refractivity contribution is 0.405. The molecule has 216 valence electrons. The Hall–Kier alpha value is -5.90. The Balaban J connectivity index is 1.72. The van der Waals surface area contributed by atoms with Crippen molar-refractivity contribution >= 4 is 21.9 Å². The maximum atomic E-state index is 14.2. The second-order valence-corrected chi connectivity index (χ2v) is 9.59. The Morgan fingerprint density at radius 1 is 0.651 bits per heavy atom. The number of benzene rings is 4. The fourth-order valence-electron chi connectivity index (χ4n) is 5.02. The average Bonchev–Trinajstić information content (AvgIpc) is 3.01. The molecule has 4 aromatic carbocycles. The summed E-state index contributed by atoms with van der Waals surface area (Å²) in [6.07, 6.45) is 0. The van der Waals surface area contributed by atoms with Crippen molar-refractivity contribution in [3.05, 3.63) is 93.2 Å². The first kappa shape index (κ1) is 27.3. The van der Waals surface area contributed by atoms with Crippen LogP contribution in [0.15, 0.2) is 91.2 Å². The first-order valence-corrected chi connectivity index (χ1v) is 12.9. The molecule has 0 radical (unpaired) electrons. The van der Waals surface area contributed by atoms with Crippen LogP contribution in [-0.2, 0) is 0 Å². The van der Waals surface area contributed by atoms with Crippen molar-refractivity contribution in [2.75, 3.05) is 21.3 Å². The largest absolute Gasteiger partial charge is 0.508 e. The van der Waals surface area contributed by atoms with E-state index in [1.165, 1.54) is 69.9 Å². The Morgan fingerprint density at radius 3 is 1.98 bits per heavy atom. The van der Waals surface area contributed by atoms with E-state index in [2.05, 4.69) is 0 Å². The molecular formula is C33H24O10. The molecule has 0 saturated heterocycles. The SMILES string of the molecule is COc1ccc(-c2cc(=O)c3cc(O)c(-c4c(-c5ccc(O)cc5)oc5cc(OC)cc(O)c5c4=O)c(OC)c3o2)cc1. The minimum atomic E-state index is -0.703. The summed E-state index contributed by atoms with van der Waals surface area (Å²) >= 11 is 0. The van der Waals surface area contributed by atoms with Gasteiger partial charge < -0.3 is 38.4 Å². The number of ether oxygens (including phenoxy) is 3. The van der Waals surface area contributed by atoms with Crippen LogP contribution in [0, 0.1) is 0 Å². The molecule has 0 bridgehead atoms. The van der Waals surface area contributed by atoms with Gasteiger partial charge >= 0.3 is 0 Å². The molecule has 10 nitrogen and oxygen atoms in total. The van der Waals surface area contributed by atoms with E-state index in [4.69, 9.17) is 23.0 Å². The average molecular weight is 581 g/mol. The molecule has 0 aliphatic rings. The van der Waals surface area contributed by atoms with E-state index in [-0.39, 0.29) is 61.8 Å². The molecule has 0 saturated carbocycles. The number of hydrogen-bond acceptors (Lipinski definition) is 10. The molecule has 43 heavy (non-hydrogen) atoms. The predicted octanol–water partition coefficient (Wildman–Crippen LogP) is 6.04. The van der Waals surface area contributed by atoms with Gasteiger partial charge in [0, 0.05) is 29.3 Å². The summed E-state index contributed by atoms with van der Waals surface area (Å²) in [5, 5.41) is 31.9. The van der Waals surface area contributed by atoms with E-state index in [1.807, 2.05) is 0 Å². The van der Waals surface area contributed by atoms with Gasteiger partial charge in [-0.3, -0.25) is 9.59 Å². The Labute approximate surface area is 243 Å². The van der Waals surface area contributed by atoms with E-state index < -0.39 is 22.4 Å². The predicted molar refractivity (Wildman–Crippen MR) is 159 cm³/mol. The van der Waals surface area contributed by atoms with Crippen LogP contribution in [0.2, 0.25) is 0 Å². The summed E-state index contributed by atoms with van der Waals surface area (Å²) in [4.78, 5) is 27.4. The minimum Gasteiger partial charge on any atom is -0.508 e. The van der Waals surface area contributed by atoms with Gasteiger partial charge in [0.05, 0.1) is 37.8 Å². The quantitative estimate of drug-likeness (QED) is 0.213. The number of phenolic OH excluding ortho intramolecular Hbond substituents is 3. The second-order valence-electron chi connectivity index (χ2n) is 9.59. The Kier molecular flexibility index (Phi) is 6.66.